The van der Waals surface area contributed by atoms with E-state index in [9.17, 15) is 4.79 Å². The number of fused-ring (bicyclic) bond motifs is 1. The van der Waals surface area contributed by atoms with E-state index in [1.807, 2.05) is 31.2 Å². The third-order valence-corrected chi connectivity index (χ3v) is 4.39. The molecule has 4 heteroatoms. The van der Waals surface area contributed by atoms with E-state index in [1.54, 1.807) is 23.5 Å². The number of thiazole rings is 1. The third kappa shape index (κ3) is 2.30. The van der Waals surface area contributed by atoms with E-state index >= 15 is 0 Å². The Morgan fingerprint density at radius 3 is 2.75 bits per heavy atom. The van der Waals surface area contributed by atoms with Crippen molar-refractivity contribution in [3.05, 3.63) is 64.2 Å². The van der Waals surface area contributed by atoms with E-state index < -0.39 is 5.97 Å². The minimum Gasteiger partial charge on any atom is -0.478 e. The number of carbonyl (C=O) groups is 1. The van der Waals surface area contributed by atoms with Gasteiger partial charge in [0.05, 0.1) is 20.8 Å². The molecule has 0 saturated carbocycles. The van der Waals surface area contributed by atoms with Gasteiger partial charge in [-0.25, -0.2) is 9.78 Å². The summed E-state index contributed by atoms with van der Waals surface area (Å²) in [4.78, 5) is 15.7. The number of hydrogen-bond donors (Lipinski definition) is 1. The summed E-state index contributed by atoms with van der Waals surface area (Å²) in [5.41, 5.74) is 3.20. The molecule has 0 aliphatic carbocycles. The van der Waals surface area contributed by atoms with Gasteiger partial charge < -0.3 is 5.11 Å². The fraction of sp³-hybridized carbons (Fsp3) is 0.125. The fourth-order valence-corrected chi connectivity index (χ4v) is 3.26. The molecule has 100 valence electrons. The van der Waals surface area contributed by atoms with Gasteiger partial charge in [0.25, 0.3) is 0 Å². The molecule has 0 bridgehead atoms. The van der Waals surface area contributed by atoms with Crippen LogP contribution < -0.4 is 0 Å². The first kappa shape index (κ1) is 12.8. The van der Waals surface area contributed by atoms with E-state index in [0.29, 0.717) is 12.0 Å². The first-order valence-corrected chi connectivity index (χ1v) is 7.13. The highest BCUT2D eigenvalue weighted by Gasteiger charge is 2.12. The van der Waals surface area contributed by atoms with Crippen LogP contribution in [0.4, 0.5) is 0 Å². The van der Waals surface area contributed by atoms with E-state index in [2.05, 4.69) is 11.1 Å². The van der Waals surface area contributed by atoms with Crippen LogP contribution in [0.15, 0.2) is 42.5 Å². The van der Waals surface area contributed by atoms with Gasteiger partial charge in [0.2, 0.25) is 0 Å². The van der Waals surface area contributed by atoms with E-state index in [1.165, 1.54) is 0 Å². The van der Waals surface area contributed by atoms with Gasteiger partial charge in [-0.1, -0.05) is 24.3 Å². The average Bonchev–Trinajstić information content (AvgIpc) is 2.83. The van der Waals surface area contributed by atoms with Crippen molar-refractivity contribution in [2.45, 2.75) is 13.3 Å². The van der Waals surface area contributed by atoms with Crippen LogP contribution in [-0.2, 0) is 6.42 Å². The zero-order valence-electron chi connectivity index (χ0n) is 11.0. The summed E-state index contributed by atoms with van der Waals surface area (Å²) in [7, 11) is 0. The Morgan fingerprint density at radius 1 is 1.20 bits per heavy atom. The first-order chi connectivity index (χ1) is 9.65. The van der Waals surface area contributed by atoms with Gasteiger partial charge in [-0.2, -0.15) is 0 Å². The molecular formula is C16H13NO2S. The molecule has 3 nitrogen and oxygen atoms in total. The van der Waals surface area contributed by atoms with E-state index in [-0.39, 0.29) is 0 Å². The Balaban J connectivity index is 1.98. The maximum absolute atomic E-state index is 11.2. The van der Waals surface area contributed by atoms with Crippen LogP contribution >= 0.6 is 11.3 Å². The zero-order valence-corrected chi connectivity index (χ0v) is 11.8. The van der Waals surface area contributed by atoms with Crippen molar-refractivity contribution in [2.24, 2.45) is 0 Å². The van der Waals surface area contributed by atoms with Crippen LogP contribution in [0.2, 0.25) is 0 Å². The number of hydrogen-bond acceptors (Lipinski definition) is 3. The van der Waals surface area contributed by atoms with Gasteiger partial charge in [-0.15, -0.1) is 11.3 Å². The Labute approximate surface area is 120 Å². The molecule has 3 rings (SSSR count). The molecule has 0 spiro atoms. The van der Waals surface area contributed by atoms with Crippen molar-refractivity contribution in [3.8, 4) is 0 Å². The largest absolute Gasteiger partial charge is 0.478 e. The predicted molar refractivity (Wildman–Crippen MR) is 80.6 cm³/mol. The van der Waals surface area contributed by atoms with Crippen molar-refractivity contribution in [1.29, 1.82) is 0 Å². The molecule has 1 aromatic heterocycles. The van der Waals surface area contributed by atoms with Crippen LogP contribution in [0.1, 0.15) is 26.5 Å². The van der Waals surface area contributed by atoms with Crippen LogP contribution in [0.25, 0.3) is 10.2 Å². The van der Waals surface area contributed by atoms with Crippen molar-refractivity contribution >= 4 is 27.5 Å². The lowest BCUT2D eigenvalue weighted by atomic mass is 10.0. The standard InChI is InChI=1S/C16H13NO2S/c1-10-11(5-4-6-12(10)16(18)19)9-15-17-13-7-2-3-8-14(13)20-15/h2-8H,9H2,1H3,(H,18,19). The van der Waals surface area contributed by atoms with Crippen molar-refractivity contribution < 1.29 is 9.90 Å². The third-order valence-electron chi connectivity index (χ3n) is 3.36. The highest BCUT2D eigenvalue weighted by atomic mass is 32.1. The smallest absolute Gasteiger partial charge is 0.335 e. The molecule has 3 aromatic rings. The Hall–Kier alpha value is -2.20. The van der Waals surface area contributed by atoms with Gasteiger partial charge in [-0.3, -0.25) is 0 Å². The normalized spacial score (nSPS) is 10.8. The van der Waals surface area contributed by atoms with Crippen LogP contribution in [0.3, 0.4) is 0 Å². The van der Waals surface area contributed by atoms with Gasteiger partial charge in [-0.05, 0) is 36.2 Å². The summed E-state index contributed by atoms with van der Waals surface area (Å²) in [6, 6.07) is 13.4. The van der Waals surface area contributed by atoms with Gasteiger partial charge in [0.1, 0.15) is 0 Å². The topological polar surface area (TPSA) is 50.2 Å². The number of para-hydroxylation sites is 1. The minimum atomic E-state index is -0.881. The molecular weight excluding hydrogens is 270 g/mol. The highest BCUT2D eigenvalue weighted by molar-refractivity contribution is 7.18. The molecule has 0 unspecified atom stereocenters. The molecule has 0 radical (unpaired) electrons. The van der Waals surface area contributed by atoms with Crippen LogP contribution in [-0.4, -0.2) is 16.1 Å². The number of nitrogens with zero attached hydrogens (tertiary/aromatic N) is 1. The molecule has 1 heterocycles. The summed E-state index contributed by atoms with van der Waals surface area (Å²) in [6.07, 6.45) is 0.673. The maximum Gasteiger partial charge on any atom is 0.335 e. The summed E-state index contributed by atoms with van der Waals surface area (Å²) >= 11 is 1.66. The second-order valence-corrected chi connectivity index (χ2v) is 5.76. The molecule has 0 amide bonds. The lowest BCUT2D eigenvalue weighted by molar-refractivity contribution is 0.0696. The maximum atomic E-state index is 11.2. The second-order valence-electron chi connectivity index (χ2n) is 4.65. The molecule has 0 atom stereocenters. The predicted octanol–water partition coefficient (Wildman–Crippen LogP) is 3.89. The fourth-order valence-electron chi connectivity index (χ4n) is 2.27. The van der Waals surface area contributed by atoms with Crippen LogP contribution in [0, 0.1) is 6.92 Å². The molecule has 0 fully saturated rings. The minimum absolute atomic E-state index is 0.364. The number of aromatic nitrogens is 1. The van der Waals surface area contributed by atoms with Gasteiger partial charge in [0.15, 0.2) is 0 Å². The number of aromatic carboxylic acids is 1. The highest BCUT2D eigenvalue weighted by Crippen LogP contribution is 2.25. The van der Waals surface area contributed by atoms with Gasteiger partial charge in [0, 0.05) is 6.42 Å². The lowest BCUT2D eigenvalue weighted by Gasteiger charge is -2.06. The Morgan fingerprint density at radius 2 is 2.00 bits per heavy atom. The van der Waals surface area contributed by atoms with Gasteiger partial charge >= 0.3 is 5.97 Å². The first-order valence-electron chi connectivity index (χ1n) is 6.31. The molecule has 2 aromatic carbocycles. The average molecular weight is 283 g/mol. The summed E-state index contributed by atoms with van der Waals surface area (Å²) < 4.78 is 1.16. The Kier molecular flexibility index (Phi) is 3.24. The summed E-state index contributed by atoms with van der Waals surface area (Å²) in [5.74, 6) is -0.881. The monoisotopic (exact) mass is 283 g/mol. The van der Waals surface area contributed by atoms with E-state index in [0.717, 1.165) is 26.4 Å². The number of rotatable bonds is 3. The summed E-state index contributed by atoms with van der Waals surface area (Å²) in [5, 5.41) is 10.2. The molecule has 1 N–H and O–H groups in total. The van der Waals surface area contributed by atoms with Crippen molar-refractivity contribution in [3.63, 3.8) is 0 Å². The number of carboxylic acid groups (broad SMARTS) is 1. The summed E-state index contributed by atoms with van der Waals surface area (Å²) in [6.45, 7) is 1.85. The second kappa shape index (κ2) is 5.06. The quantitative estimate of drug-likeness (QED) is 0.793. The van der Waals surface area contributed by atoms with Crippen molar-refractivity contribution in [2.75, 3.05) is 0 Å². The van der Waals surface area contributed by atoms with Crippen LogP contribution in [0.5, 0.6) is 0 Å². The van der Waals surface area contributed by atoms with Crippen molar-refractivity contribution in [1.82, 2.24) is 4.98 Å². The SMILES string of the molecule is Cc1c(Cc2nc3ccccc3s2)cccc1C(=O)O. The number of carboxylic acids is 1. The zero-order chi connectivity index (χ0) is 14.1. The number of benzene rings is 2. The molecule has 0 aliphatic rings. The Bertz CT molecular complexity index is 759. The van der Waals surface area contributed by atoms with E-state index in [4.69, 9.17) is 5.11 Å². The molecule has 0 saturated heterocycles. The lowest BCUT2D eigenvalue weighted by Crippen LogP contribution is -2.02. The molecule has 0 aliphatic heterocycles. The molecule has 20 heavy (non-hydrogen) atoms.